The lowest BCUT2D eigenvalue weighted by Crippen LogP contribution is -2.12. The molecule has 1 aromatic carbocycles. The van der Waals surface area contributed by atoms with E-state index in [-0.39, 0.29) is 0 Å². The summed E-state index contributed by atoms with van der Waals surface area (Å²) in [5.41, 5.74) is 3.73. The molecule has 0 amide bonds. The number of aromatic nitrogens is 1. The Hall–Kier alpha value is -0.710. The second kappa shape index (κ2) is 6.83. The second-order valence-corrected chi connectivity index (χ2v) is 7.22. The number of nitrogens with zero attached hydrogens (tertiary/aromatic N) is 1. The Balaban J connectivity index is 2.41. The van der Waals surface area contributed by atoms with Gasteiger partial charge in [0.2, 0.25) is 0 Å². The Morgan fingerprint density at radius 1 is 1.35 bits per heavy atom. The van der Waals surface area contributed by atoms with Crippen LogP contribution in [0.25, 0.3) is 10.6 Å². The highest BCUT2D eigenvalue weighted by Gasteiger charge is 2.16. The molecule has 0 unspecified atom stereocenters. The average molecular weight is 353 g/mol. The average Bonchev–Trinajstić information content (AvgIpc) is 2.80. The predicted molar refractivity (Wildman–Crippen MR) is 91.5 cm³/mol. The molecule has 20 heavy (non-hydrogen) atoms. The van der Waals surface area contributed by atoms with E-state index in [1.807, 2.05) is 11.3 Å². The van der Waals surface area contributed by atoms with E-state index in [1.54, 1.807) is 0 Å². The third-order valence-corrected chi connectivity index (χ3v) is 4.83. The normalized spacial score (nSPS) is 11.3. The van der Waals surface area contributed by atoms with Gasteiger partial charge in [-0.2, -0.15) is 0 Å². The summed E-state index contributed by atoms with van der Waals surface area (Å²) in [6.45, 7) is 10.6. The van der Waals surface area contributed by atoms with Gasteiger partial charge in [0.15, 0.2) is 0 Å². The van der Waals surface area contributed by atoms with Crippen molar-refractivity contribution in [1.82, 2.24) is 10.3 Å². The highest BCUT2D eigenvalue weighted by atomic mass is 79.9. The molecule has 0 spiro atoms. The van der Waals surface area contributed by atoms with Crippen molar-refractivity contribution in [2.45, 2.75) is 40.2 Å². The van der Waals surface area contributed by atoms with Gasteiger partial charge in [-0.25, -0.2) is 4.98 Å². The molecule has 0 aliphatic rings. The van der Waals surface area contributed by atoms with E-state index in [4.69, 9.17) is 4.98 Å². The fraction of sp³-hybridized carbons (Fsp3) is 0.438. The third-order valence-electron chi connectivity index (χ3n) is 3.23. The predicted octanol–water partition coefficient (Wildman–Crippen LogP) is 5.11. The number of hydrogen-bond acceptors (Lipinski definition) is 3. The lowest BCUT2D eigenvalue weighted by molar-refractivity contribution is 0.714. The van der Waals surface area contributed by atoms with E-state index < -0.39 is 0 Å². The smallest absolute Gasteiger partial charge is 0.124 e. The van der Waals surface area contributed by atoms with E-state index in [0.717, 1.165) is 22.6 Å². The fourth-order valence-electron chi connectivity index (χ4n) is 2.16. The molecule has 1 heterocycles. The van der Waals surface area contributed by atoms with Gasteiger partial charge in [-0.3, -0.25) is 0 Å². The SMILES string of the molecule is CCNCc1sc(-c2ccc(Br)cc2C)nc1C(C)C. The number of benzene rings is 1. The van der Waals surface area contributed by atoms with Crippen LogP contribution < -0.4 is 5.32 Å². The molecule has 0 radical (unpaired) electrons. The maximum absolute atomic E-state index is 4.89. The minimum Gasteiger partial charge on any atom is -0.312 e. The van der Waals surface area contributed by atoms with Gasteiger partial charge < -0.3 is 5.32 Å². The van der Waals surface area contributed by atoms with Gasteiger partial charge in [0.25, 0.3) is 0 Å². The maximum Gasteiger partial charge on any atom is 0.124 e. The zero-order chi connectivity index (χ0) is 14.7. The molecule has 1 aromatic heterocycles. The van der Waals surface area contributed by atoms with Crippen molar-refractivity contribution >= 4 is 27.3 Å². The first-order valence-electron chi connectivity index (χ1n) is 6.99. The molecular weight excluding hydrogens is 332 g/mol. The van der Waals surface area contributed by atoms with Crippen LogP contribution >= 0.6 is 27.3 Å². The van der Waals surface area contributed by atoms with E-state index in [9.17, 15) is 0 Å². The first kappa shape index (κ1) is 15.7. The molecule has 0 bridgehead atoms. The standard InChI is InChI=1S/C16H21BrN2S/c1-5-18-9-14-15(10(2)3)19-16(20-14)13-7-6-12(17)8-11(13)4/h6-8,10,18H,5,9H2,1-4H3. The van der Waals surface area contributed by atoms with Crippen molar-refractivity contribution in [3.05, 3.63) is 38.8 Å². The van der Waals surface area contributed by atoms with Crippen molar-refractivity contribution in [3.8, 4) is 10.6 Å². The second-order valence-electron chi connectivity index (χ2n) is 5.22. The Morgan fingerprint density at radius 2 is 2.10 bits per heavy atom. The molecule has 0 fully saturated rings. The van der Waals surface area contributed by atoms with Crippen molar-refractivity contribution in [3.63, 3.8) is 0 Å². The number of aryl methyl sites for hydroxylation is 1. The highest BCUT2D eigenvalue weighted by molar-refractivity contribution is 9.10. The number of halogens is 1. The van der Waals surface area contributed by atoms with Crippen LogP contribution in [0.3, 0.4) is 0 Å². The summed E-state index contributed by atoms with van der Waals surface area (Å²) < 4.78 is 1.12. The Bertz CT molecular complexity index is 590. The summed E-state index contributed by atoms with van der Waals surface area (Å²) in [5.74, 6) is 0.462. The first-order chi connectivity index (χ1) is 9.52. The van der Waals surface area contributed by atoms with Gasteiger partial charge in [-0.05, 0) is 37.1 Å². The maximum atomic E-state index is 4.89. The van der Waals surface area contributed by atoms with E-state index >= 15 is 0 Å². The van der Waals surface area contributed by atoms with Gasteiger partial charge >= 0.3 is 0 Å². The van der Waals surface area contributed by atoms with E-state index in [0.29, 0.717) is 5.92 Å². The molecule has 0 saturated carbocycles. The van der Waals surface area contributed by atoms with Crippen molar-refractivity contribution in [1.29, 1.82) is 0 Å². The summed E-state index contributed by atoms with van der Waals surface area (Å²) in [5, 5.41) is 4.54. The zero-order valence-corrected chi connectivity index (χ0v) is 14.9. The lowest BCUT2D eigenvalue weighted by atomic mass is 10.1. The Morgan fingerprint density at radius 3 is 2.70 bits per heavy atom. The van der Waals surface area contributed by atoms with Gasteiger partial charge in [-0.1, -0.05) is 42.8 Å². The quantitative estimate of drug-likeness (QED) is 0.808. The van der Waals surface area contributed by atoms with Crippen molar-refractivity contribution in [2.24, 2.45) is 0 Å². The lowest BCUT2D eigenvalue weighted by Gasteiger charge is -2.05. The largest absolute Gasteiger partial charge is 0.312 e. The molecule has 2 nitrogen and oxygen atoms in total. The minimum atomic E-state index is 0.462. The number of rotatable bonds is 5. The molecule has 2 aromatic rings. The molecule has 0 atom stereocenters. The Kier molecular flexibility index (Phi) is 5.35. The van der Waals surface area contributed by atoms with Crippen LogP contribution in [-0.4, -0.2) is 11.5 Å². The van der Waals surface area contributed by atoms with Crippen LogP contribution in [0.2, 0.25) is 0 Å². The third kappa shape index (κ3) is 3.48. The van der Waals surface area contributed by atoms with Gasteiger partial charge in [-0.15, -0.1) is 11.3 Å². The molecular formula is C16H21BrN2S. The molecule has 0 saturated heterocycles. The number of thiazole rings is 1. The van der Waals surface area contributed by atoms with Gasteiger partial charge in [0.05, 0.1) is 5.69 Å². The molecule has 0 aliphatic heterocycles. The van der Waals surface area contributed by atoms with Crippen LogP contribution in [0.15, 0.2) is 22.7 Å². The molecule has 2 rings (SSSR count). The van der Waals surface area contributed by atoms with E-state index in [1.165, 1.54) is 21.7 Å². The highest BCUT2D eigenvalue weighted by Crippen LogP contribution is 2.34. The summed E-state index contributed by atoms with van der Waals surface area (Å²) >= 11 is 5.33. The monoisotopic (exact) mass is 352 g/mol. The van der Waals surface area contributed by atoms with Crippen LogP contribution in [0.4, 0.5) is 0 Å². The van der Waals surface area contributed by atoms with Crippen molar-refractivity contribution in [2.75, 3.05) is 6.54 Å². The summed E-state index contributed by atoms with van der Waals surface area (Å²) in [6, 6.07) is 6.39. The fourth-order valence-corrected chi connectivity index (χ4v) is 3.91. The van der Waals surface area contributed by atoms with Crippen LogP contribution in [0.1, 0.15) is 42.8 Å². The summed E-state index contributed by atoms with van der Waals surface area (Å²) in [4.78, 5) is 6.25. The molecule has 0 aliphatic carbocycles. The molecule has 1 N–H and O–H groups in total. The zero-order valence-electron chi connectivity index (χ0n) is 12.5. The minimum absolute atomic E-state index is 0.462. The van der Waals surface area contributed by atoms with Crippen LogP contribution in [0.5, 0.6) is 0 Å². The van der Waals surface area contributed by atoms with E-state index in [2.05, 4.69) is 67.1 Å². The molecule has 4 heteroatoms. The van der Waals surface area contributed by atoms with Crippen LogP contribution in [0, 0.1) is 6.92 Å². The Labute approximate surface area is 133 Å². The summed E-state index contributed by atoms with van der Waals surface area (Å²) in [6.07, 6.45) is 0. The first-order valence-corrected chi connectivity index (χ1v) is 8.60. The summed E-state index contributed by atoms with van der Waals surface area (Å²) in [7, 11) is 0. The topological polar surface area (TPSA) is 24.9 Å². The van der Waals surface area contributed by atoms with Crippen molar-refractivity contribution < 1.29 is 0 Å². The van der Waals surface area contributed by atoms with Gasteiger partial charge in [0, 0.05) is 21.5 Å². The number of hydrogen-bond donors (Lipinski definition) is 1. The van der Waals surface area contributed by atoms with Crippen LogP contribution in [-0.2, 0) is 6.54 Å². The number of nitrogens with one attached hydrogen (secondary N) is 1. The molecule has 108 valence electrons. The van der Waals surface area contributed by atoms with Gasteiger partial charge in [0.1, 0.15) is 5.01 Å².